The molecule has 1 rings (SSSR count). The van der Waals surface area contributed by atoms with E-state index >= 15 is 0 Å². The molecule has 0 aliphatic heterocycles. The molecule has 332 valence electrons. The van der Waals surface area contributed by atoms with Gasteiger partial charge in [0.1, 0.15) is 17.3 Å². The van der Waals surface area contributed by atoms with E-state index in [9.17, 15) is 24.0 Å². The first-order chi connectivity index (χ1) is 26.3. The molecule has 3 atom stereocenters. The van der Waals surface area contributed by atoms with Crippen LogP contribution in [0, 0.1) is 17.8 Å². The van der Waals surface area contributed by atoms with Crippen molar-refractivity contribution in [2.24, 2.45) is 23.5 Å². The van der Waals surface area contributed by atoms with E-state index in [-0.39, 0.29) is 86.9 Å². The number of Topliss-reactive ketones (excluding diaryl/α,β-unsaturated/α-hetero) is 3. The zero-order chi connectivity index (χ0) is 44.0. The predicted octanol–water partition coefficient (Wildman–Crippen LogP) is 7.11. The molecule has 0 heterocycles. The molecule has 0 radical (unpaired) electrons. The Morgan fingerprint density at radius 3 is 1.79 bits per heavy atom. The number of hydrogen-bond donors (Lipinski definition) is 2. The zero-order valence-electron chi connectivity index (χ0n) is 39.4. The summed E-state index contributed by atoms with van der Waals surface area (Å²) in [5.74, 6) is 1.74. The molecule has 1 aliphatic carbocycles. The molecule has 0 aromatic carbocycles. The van der Waals surface area contributed by atoms with Gasteiger partial charge in [0.15, 0.2) is 5.91 Å². The van der Waals surface area contributed by atoms with Gasteiger partial charge in [0.2, 0.25) is 5.91 Å². The second-order valence-electron chi connectivity index (χ2n) is 13.2. The van der Waals surface area contributed by atoms with Crippen LogP contribution < -0.4 is 67.5 Å². The molecule has 0 aromatic heterocycles. The summed E-state index contributed by atoms with van der Waals surface area (Å²) in [4.78, 5) is 56.1. The number of amides is 2. The van der Waals surface area contributed by atoms with Crippen LogP contribution in [0.5, 0.6) is 0 Å². The Hall–Kier alpha value is -0.184. The van der Waals surface area contributed by atoms with Gasteiger partial charge in [-0.15, -0.1) is 0 Å². The number of carbonyl (C=O) groups excluding carboxylic acids is 5. The molecule has 0 saturated heterocycles. The summed E-state index contributed by atoms with van der Waals surface area (Å²) >= 11 is 1.14. The van der Waals surface area contributed by atoms with Crippen molar-refractivity contribution in [1.29, 1.82) is 0 Å². The molecule has 10 nitrogen and oxygen atoms in total. The fraction of sp³-hybridized carbons (Fsp3) is 0.886. The number of ether oxygens (including phenoxy) is 1. The standard InChI is InChI=1S/C20H37NO2.C9H15N2O3S.C8H18O.3C2H6.CH3O.K/c1-3-5-10-17-12-14-18(15-13-17)20(23)21-16-8-6-7-11-19(22)9-4-2;1-5(12)3-8(6(2)13)15-4-7(10)9(11)14;1-4-5-6-8(2)7-9-3;4*1-2;/h17-18H,3-16H2,1-2H3,(H,21,23);7-8,10H,3-4H2,1-2H3,(H2,11,14);8H,4-7H2,1-3H3;3*1-2H3;1H3;/q;-1;;;;;-1;+1. The van der Waals surface area contributed by atoms with Gasteiger partial charge in [-0.2, -0.15) is 18.9 Å². The molecule has 3 unspecified atom stereocenters. The number of hydrogen-bond acceptors (Lipinski definition) is 8. The number of unbranched alkanes of at least 4 members (excludes halogenated alkanes) is 4. The van der Waals surface area contributed by atoms with Gasteiger partial charge < -0.3 is 26.6 Å². The number of nitrogens with one attached hydrogen (secondary N) is 2. The Kier molecular flexibility index (Phi) is 71.5. The maximum absolute atomic E-state index is 12.2. The predicted molar refractivity (Wildman–Crippen MR) is 236 cm³/mol. The quantitative estimate of drug-likeness (QED) is 0.0762. The van der Waals surface area contributed by atoms with Gasteiger partial charge in [-0.05, 0) is 88.8 Å². The Morgan fingerprint density at radius 2 is 1.36 bits per heavy atom. The van der Waals surface area contributed by atoms with Crippen LogP contribution in [0.4, 0.5) is 0 Å². The molecule has 1 saturated carbocycles. The maximum Gasteiger partial charge on any atom is 1.00 e. The summed E-state index contributed by atoms with van der Waals surface area (Å²) in [6.45, 7) is 25.2. The number of primary amides is 1. The summed E-state index contributed by atoms with van der Waals surface area (Å²) in [5.41, 5.74) is 12.2. The van der Waals surface area contributed by atoms with E-state index in [1.807, 2.05) is 48.5 Å². The van der Waals surface area contributed by atoms with Crippen molar-refractivity contribution in [3.63, 3.8) is 0 Å². The average Bonchev–Trinajstić information content (AvgIpc) is 3.19. The van der Waals surface area contributed by atoms with E-state index in [1.54, 1.807) is 7.11 Å². The molecule has 0 aromatic rings. The first-order valence-corrected chi connectivity index (χ1v) is 22.7. The van der Waals surface area contributed by atoms with E-state index < -0.39 is 17.2 Å². The fourth-order valence-electron chi connectivity index (χ4n) is 5.39. The van der Waals surface area contributed by atoms with Crippen molar-refractivity contribution in [1.82, 2.24) is 5.32 Å². The van der Waals surface area contributed by atoms with Crippen LogP contribution in [0.2, 0.25) is 0 Å². The summed E-state index contributed by atoms with van der Waals surface area (Å²) < 4.78 is 5.00. The smallest absolute Gasteiger partial charge is 0.857 e. The van der Waals surface area contributed by atoms with Crippen molar-refractivity contribution < 1.29 is 85.2 Å². The monoisotopic (exact) mass is 845 g/mol. The Balaban J connectivity index is -0.000000126. The molecule has 1 fully saturated rings. The number of carbonyl (C=O) groups is 5. The number of rotatable bonds is 24. The molecular weight excluding hydrogens is 754 g/mol. The van der Waals surface area contributed by atoms with Gasteiger partial charge >= 0.3 is 51.4 Å². The molecule has 2 amide bonds. The molecule has 1 aliphatic rings. The summed E-state index contributed by atoms with van der Waals surface area (Å²) in [5, 5.41) is 10.9. The summed E-state index contributed by atoms with van der Waals surface area (Å²) in [6.07, 6.45) is 18.1. The second kappa shape index (κ2) is 56.9. The van der Waals surface area contributed by atoms with Gasteiger partial charge in [-0.3, -0.25) is 24.0 Å². The number of methoxy groups -OCH3 is 1. The molecule has 4 N–H and O–H groups in total. The first-order valence-electron chi connectivity index (χ1n) is 21.6. The third kappa shape index (κ3) is 51.8. The van der Waals surface area contributed by atoms with E-state index in [4.69, 9.17) is 21.3 Å². The van der Waals surface area contributed by atoms with Crippen molar-refractivity contribution in [2.75, 3.05) is 33.1 Å². The van der Waals surface area contributed by atoms with Gasteiger partial charge in [-0.1, -0.05) is 108 Å². The van der Waals surface area contributed by atoms with Gasteiger partial charge in [0.05, 0.1) is 5.25 Å². The topological polar surface area (TPSA) is 179 Å². The van der Waals surface area contributed by atoms with E-state index in [0.717, 1.165) is 88.8 Å². The molecule has 12 heteroatoms. The van der Waals surface area contributed by atoms with Crippen molar-refractivity contribution in [2.45, 2.75) is 204 Å². The Bertz CT molecular complexity index is 860. The minimum absolute atomic E-state index is 0. The Morgan fingerprint density at radius 1 is 0.821 bits per heavy atom. The van der Waals surface area contributed by atoms with E-state index in [1.165, 1.54) is 65.2 Å². The van der Waals surface area contributed by atoms with Gasteiger partial charge in [0, 0.05) is 45.4 Å². The third-order valence-electron chi connectivity index (χ3n) is 8.38. The van der Waals surface area contributed by atoms with Crippen LogP contribution in [0.15, 0.2) is 0 Å². The maximum atomic E-state index is 12.2. The van der Waals surface area contributed by atoms with Crippen molar-refractivity contribution >= 4 is 40.9 Å². The van der Waals surface area contributed by atoms with Crippen molar-refractivity contribution in [3.05, 3.63) is 5.73 Å². The average molecular weight is 845 g/mol. The largest absolute Gasteiger partial charge is 1.00 e. The van der Waals surface area contributed by atoms with Crippen LogP contribution in [-0.4, -0.2) is 73.6 Å². The summed E-state index contributed by atoms with van der Waals surface area (Å²) in [7, 11) is 2.52. The number of nitrogens with two attached hydrogens (primary N) is 1. The molecule has 0 bridgehead atoms. The van der Waals surface area contributed by atoms with Crippen LogP contribution in [-0.2, 0) is 28.7 Å². The van der Waals surface area contributed by atoms with Crippen molar-refractivity contribution in [3.8, 4) is 0 Å². The summed E-state index contributed by atoms with van der Waals surface area (Å²) in [6, 6.07) is -1.02. The second-order valence-corrected chi connectivity index (χ2v) is 14.5. The van der Waals surface area contributed by atoms with E-state index in [0.29, 0.717) is 12.2 Å². The van der Waals surface area contributed by atoms with Gasteiger partial charge in [0.25, 0.3) is 0 Å². The first kappa shape index (κ1) is 70.4. The Labute approximate surface area is 393 Å². The van der Waals surface area contributed by atoms with Crippen LogP contribution >= 0.6 is 11.8 Å². The minimum atomic E-state index is -1.02. The SMILES string of the molecule is CC.CC.CC.CC(=O)CC(SCC([NH-])C(N)=O)C(C)=O.CCCCC(C)COC.CCCCC1CCC(C(=O)NCCCCCC(=O)CCC)CC1.C[O-].[K+]. The normalized spacial score (nSPS) is 15.1. The number of ketones is 3. The number of thioether (sulfide) groups is 1. The molecule has 56 heavy (non-hydrogen) atoms. The fourth-order valence-corrected chi connectivity index (χ4v) is 6.56. The molecule has 0 spiro atoms. The van der Waals surface area contributed by atoms with Crippen LogP contribution in [0.3, 0.4) is 0 Å². The minimum Gasteiger partial charge on any atom is -0.857 e. The third-order valence-corrected chi connectivity index (χ3v) is 9.81. The van der Waals surface area contributed by atoms with Crippen LogP contribution in [0.25, 0.3) is 5.73 Å². The van der Waals surface area contributed by atoms with E-state index in [2.05, 4.69) is 26.1 Å². The molecular formula is C44H91KN3O7S-. The zero-order valence-corrected chi connectivity index (χ0v) is 43.3. The van der Waals surface area contributed by atoms with Crippen LogP contribution in [0.1, 0.15) is 192 Å². The van der Waals surface area contributed by atoms with Gasteiger partial charge in [-0.25, -0.2) is 0 Å².